The zero-order valence-electron chi connectivity index (χ0n) is 14.4. The van der Waals surface area contributed by atoms with E-state index < -0.39 is 11.7 Å². The van der Waals surface area contributed by atoms with Crippen LogP contribution in [0.5, 0.6) is 0 Å². The molecule has 1 fully saturated rings. The predicted octanol–water partition coefficient (Wildman–Crippen LogP) is 3.00. The van der Waals surface area contributed by atoms with Crippen molar-refractivity contribution in [2.75, 3.05) is 13.1 Å². The number of carbonyl (C=O) groups excluding carboxylic acids is 1. The molecule has 0 bridgehead atoms. The van der Waals surface area contributed by atoms with Crippen LogP contribution in [-0.4, -0.2) is 39.8 Å². The summed E-state index contributed by atoms with van der Waals surface area (Å²) in [6, 6.07) is 2.04. The van der Waals surface area contributed by atoms with E-state index in [0.29, 0.717) is 13.1 Å². The van der Waals surface area contributed by atoms with Crippen LogP contribution in [0.15, 0.2) is 12.3 Å². The zero-order valence-corrected chi connectivity index (χ0v) is 14.4. The van der Waals surface area contributed by atoms with Gasteiger partial charge in [-0.3, -0.25) is 4.98 Å². The van der Waals surface area contributed by atoms with Crippen molar-refractivity contribution in [2.45, 2.75) is 58.7 Å². The monoisotopic (exact) mass is 318 g/mol. The molecule has 1 N–H and O–H groups in total. The number of carbonyl (C=O) groups is 1. The van der Waals surface area contributed by atoms with Crippen LogP contribution in [0, 0.1) is 12.3 Å². The molecule has 1 amide bonds. The molecule has 2 aliphatic rings. The Morgan fingerprint density at radius 3 is 2.65 bits per heavy atom. The number of fused-ring (bicyclic) bond motifs is 1. The second kappa shape index (κ2) is 5.48. The van der Waals surface area contributed by atoms with Crippen LogP contribution in [-0.2, 0) is 11.2 Å². The summed E-state index contributed by atoms with van der Waals surface area (Å²) in [5.41, 5.74) is 2.40. The van der Waals surface area contributed by atoms with E-state index >= 15 is 0 Å². The standard InChI is InChI=1S/C18H26N2O3/c1-12-9-13-14(19-11-12)10-18(15(13)21)5-7-20(8-6-18)16(22)23-17(2,3)4/h9,11,15,21H,5-8,10H2,1-4H3. The fourth-order valence-electron chi connectivity index (χ4n) is 3.68. The summed E-state index contributed by atoms with van der Waals surface area (Å²) in [5, 5.41) is 10.8. The van der Waals surface area contributed by atoms with E-state index in [1.54, 1.807) is 4.90 Å². The fraction of sp³-hybridized carbons (Fsp3) is 0.667. The number of ether oxygens (including phenoxy) is 1. The lowest BCUT2D eigenvalue weighted by atomic mass is 9.74. The van der Waals surface area contributed by atoms with E-state index in [4.69, 9.17) is 4.74 Å². The Bertz CT molecular complexity index is 613. The number of aromatic nitrogens is 1. The molecular weight excluding hydrogens is 292 g/mol. The minimum absolute atomic E-state index is 0.179. The highest BCUT2D eigenvalue weighted by molar-refractivity contribution is 5.68. The van der Waals surface area contributed by atoms with E-state index in [-0.39, 0.29) is 11.5 Å². The van der Waals surface area contributed by atoms with Crippen molar-refractivity contribution >= 4 is 6.09 Å². The molecule has 1 unspecified atom stereocenters. The number of aryl methyl sites for hydroxylation is 1. The highest BCUT2D eigenvalue weighted by Gasteiger charge is 2.48. The Kier molecular flexibility index (Phi) is 3.87. The summed E-state index contributed by atoms with van der Waals surface area (Å²) >= 11 is 0. The lowest BCUT2D eigenvalue weighted by Crippen LogP contribution is -2.46. The number of aliphatic hydroxyl groups excluding tert-OH is 1. The first kappa shape index (κ1) is 16.2. The molecule has 0 radical (unpaired) electrons. The third-order valence-corrected chi connectivity index (χ3v) is 4.95. The van der Waals surface area contributed by atoms with Crippen molar-refractivity contribution in [3.8, 4) is 0 Å². The Balaban J connectivity index is 1.69. The number of pyridine rings is 1. The van der Waals surface area contributed by atoms with Crippen LogP contribution in [0.3, 0.4) is 0 Å². The van der Waals surface area contributed by atoms with Gasteiger partial charge in [-0.1, -0.05) is 6.07 Å². The number of hydrogen-bond donors (Lipinski definition) is 1. The zero-order chi connectivity index (χ0) is 16.8. The molecule has 3 rings (SSSR count). The maximum Gasteiger partial charge on any atom is 0.410 e. The summed E-state index contributed by atoms with van der Waals surface area (Å²) in [5.74, 6) is 0. The molecule has 2 heterocycles. The van der Waals surface area contributed by atoms with Crippen molar-refractivity contribution < 1.29 is 14.6 Å². The Labute approximate surface area is 137 Å². The van der Waals surface area contributed by atoms with Crippen LogP contribution in [0.1, 0.15) is 56.5 Å². The van der Waals surface area contributed by atoms with Gasteiger partial charge in [-0.15, -0.1) is 0 Å². The molecular formula is C18H26N2O3. The van der Waals surface area contributed by atoms with Crippen LogP contribution in [0.25, 0.3) is 0 Å². The summed E-state index contributed by atoms with van der Waals surface area (Å²) in [4.78, 5) is 18.4. The number of nitrogens with zero attached hydrogens (tertiary/aromatic N) is 2. The predicted molar refractivity (Wildman–Crippen MR) is 87.1 cm³/mol. The lowest BCUT2D eigenvalue weighted by Gasteiger charge is -2.41. The second-order valence-corrected chi connectivity index (χ2v) is 7.96. The van der Waals surface area contributed by atoms with Crippen molar-refractivity contribution in [2.24, 2.45) is 5.41 Å². The van der Waals surface area contributed by atoms with Gasteiger partial charge >= 0.3 is 6.09 Å². The fourth-order valence-corrected chi connectivity index (χ4v) is 3.68. The summed E-state index contributed by atoms with van der Waals surface area (Å²) in [7, 11) is 0. The van der Waals surface area contributed by atoms with Gasteiger partial charge < -0.3 is 14.7 Å². The molecule has 1 aliphatic carbocycles. The van der Waals surface area contributed by atoms with E-state index in [2.05, 4.69) is 4.98 Å². The molecule has 1 aromatic rings. The maximum atomic E-state index is 12.2. The van der Waals surface area contributed by atoms with Crippen LogP contribution >= 0.6 is 0 Å². The number of amides is 1. The largest absolute Gasteiger partial charge is 0.444 e. The first-order valence-corrected chi connectivity index (χ1v) is 8.32. The SMILES string of the molecule is Cc1cnc2c(c1)C(O)C1(CCN(C(=O)OC(C)(C)C)CC1)C2. The summed E-state index contributed by atoms with van der Waals surface area (Å²) in [6.45, 7) is 8.87. The summed E-state index contributed by atoms with van der Waals surface area (Å²) in [6.07, 6.45) is 3.48. The number of likely N-dealkylation sites (tertiary alicyclic amines) is 1. The third kappa shape index (κ3) is 3.07. The molecule has 0 aromatic carbocycles. The molecule has 5 heteroatoms. The van der Waals surface area contributed by atoms with Gasteiger partial charge in [-0.05, 0) is 52.5 Å². The lowest BCUT2D eigenvalue weighted by molar-refractivity contribution is -0.0256. The number of piperidine rings is 1. The topological polar surface area (TPSA) is 62.7 Å². The first-order chi connectivity index (χ1) is 10.7. The number of rotatable bonds is 0. The normalized spacial score (nSPS) is 23.0. The van der Waals surface area contributed by atoms with Crippen LogP contribution in [0.4, 0.5) is 4.79 Å². The third-order valence-electron chi connectivity index (χ3n) is 4.95. The van der Waals surface area contributed by atoms with E-state index in [9.17, 15) is 9.90 Å². The van der Waals surface area contributed by atoms with Gasteiger partial charge in [0.05, 0.1) is 6.10 Å². The number of aliphatic hydroxyl groups is 1. The van der Waals surface area contributed by atoms with Gasteiger partial charge in [0.1, 0.15) is 5.60 Å². The average molecular weight is 318 g/mol. The van der Waals surface area contributed by atoms with Gasteiger partial charge in [0, 0.05) is 36.0 Å². The first-order valence-electron chi connectivity index (χ1n) is 8.32. The van der Waals surface area contributed by atoms with E-state index in [0.717, 1.165) is 36.1 Å². The smallest absolute Gasteiger partial charge is 0.410 e. The molecule has 1 atom stereocenters. The summed E-state index contributed by atoms with van der Waals surface area (Å²) < 4.78 is 5.44. The Morgan fingerprint density at radius 2 is 2.04 bits per heavy atom. The minimum atomic E-state index is -0.481. The average Bonchev–Trinajstić information content (AvgIpc) is 2.71. The van der Waals surface area contributed by atoms with Crippen molar-refractivity contribution in [3.63, 3.8) is 0 Å². The van der Waals surface area contributed by atoms with Crippen LogP contribution < -0.4 is 0 Å². The maximum absolute atomic E-state index is 12.2. The molecule has 0 saturated carbocycles. The van der Waals surface area contributed by atoms with Crippen molar-refractivity contribution in [1.82, 2.24) is 9.88 Å². The molecule has 1 aliphatic heterocycles. The highest BCUT2D eigenvalue weighted by Crippen LogP contribution is 2.51. The Morgan fingerprint density at radius 1 is 1.39 bits per heavy atom. The van der Waals surface area contributed by atoms with Crippen molar-refractivity contribution in [3.05, 3.63) is 29.1 Å². The molecule has 23 heavy (non-hydrogen) atoms. The molecule has 1 saturated heterocycles. The van der Waals surface area contributed by atoms with E-state index in [1.807, 2.05) is 40.0 Å². The number of hydrogen-bond acceptors (Lipinski definition) is 4. The van der Waals surface area contributed by atoms with E-state index in [1.165, 1.54) is 0 Å². The highest BCUT2D eigenvalue weighted by atomic mass is 16.6. The second-order valence-electron chi connectivity index (χ2n) is 7.96. The van der Waals surface area contributed by atoms with Gasteiger partial charge in [0.15, 0.2) is 0 Å². The molecule has 1 aromatic heterocycles. The van der Waals surface area contributed by atoms with Gasteiger partial charge in [-0.2, -0.15) is 0 Å². The van der Waals surface area contributed by atoms with Gasteiger partial charge in [0.2, 0.25) is 0 Å². The minimum Gasteiger partial charge on any atom is -0.444 e. The van der Waals surface area contributed by atoms with Crippen molar-refractivity contribution in [1.29, 1.82) is 0 Å². The molecule has 5 nitrogen and oxygen atoms in total. The molecule has 126 valence electrons. The van der Waals surface area contributed by atoms with Crippen LogP contribution in [0.2, 0.25) is 0 Å². The quantitative estimate of drug-likeness (QED) is 0.799. The van der Waals surface area contributed by atoms with Gasteiger partial charge in [0.25, 0.3) is 0 Å². The molecule has 1 spiro atoms. The van der Waals surface area contributed by atoms with Gasteiger partial charge in [-0.25, -0.2) is 4.79 Å². The Hall–Kier alpha value is -1.62.